The van der Waals surface area contributed by atoms with Gasteiger partial charge in [-0.3, -0.25) is 14.2 Å². The van der Waals surface area contributed by atoms with Crippen molar-refractivity contribution in [2.45, 2.75) is 380 Å². The minimum absolute atomic E-state index is 0.0397. The molecule has 0 aliphatic rings. The van der Waals surface area contributed by atoms with Crippen LogP contribution in [0.1, 0.15) is 373 Å². The summed E-state index contributed by atoms with van der Waals surface area (Å²) >= 11 is 0. The fourth-order valence-corrected chi connectivity index (χ4v) is 12.6. The number of likely N-dealkylation sites (N-methyl/N-ethyl adjacent to an activating group) is 1. The van der Waals surface area contributed by atoms with Crippen molar-refractivity contribution < 1.29 is 42.1 Å². The topological polar surface area (TPSA) is 111 Å². The standard InChI is InChI=1S/C90H158NO8P/c1-6-8-10-12-14-16-18-20-22-24-26-28-30-32-34-36-38-40-42-44-45-47-49-51-53-55-57-59-61-63-65-67-69-71-73-75-77-79-81-83-90(93)99-88(87-98-100(94,95)97-85-84-91(3,4)5)86-96-89(92)82-80-78-76-74-72-70-68-66-64-62-60-58-56-54-52-50-48-46-43-41-39-37-35-33-31-29-27-25-23-21-19-17-15-13-11-9-7-2/h8,10,14,16,20,22,26,28,32,34,38,40,44-45,49,51,55,57,61,63,67,69,88H,6-7,9,11-13,15,17-19,21,23-25,27,29-31,33,35-37,39,41-43,46-48,50,52-54,56,58-60,62,64-66,68,70-87H2,1-5H3/b10-8-,16-14-,22-20-,28-26-,34-32-,40-38-,45-44-,51-49-,57-55-,63-61-,69-67-. The Morgan fingerprint density at radius 3 is 0.850 bits per heavy atom. The number of hydrogen-bond donors (Lipinski definition) is 0. The number of carbonyl (C=O) groups excluding carboxylic acids is 2. The van der Waals surface area contributed by atoms with Crippen molar-refractivity contribution >= 4 is 19.8 Å². The van der Waals surface area contributed by atoms with Gasteiger partial charge in [-0.1, -0.05) is 398 Å². The normalized spacial score (nSPS) is 13.7. The first-order valence-electron chi connectivity index (χ1n) is 41.9. The number of hydrogen-bond acceptors (Lipinski definition) is 8. The number of allylic oxidation sites excluding steroid dienone is 22. The molecule has 0 aromatic heterocycles. The van der Waals surface area contributed by atoms with Crippen LogP contribution in [0.2, 0.25) is 0 Å². The maximum absolute atomic E-state index is 12.9. The number of phosphoric ester groups is 1. The SMILES string of the molecule is CC/C=C\C/C=C\C/C=C\C/C=C\C/C=C\C/C=C\C/C=C\C/C=C\C/C=C\C/C=C\C/C=C\CCCCCCCC(=O)OC(COC(=O)CCCCCCCCCCCCCCCCCCCCCCCCCCCCCCCCCCCCCCC)COP(=O)([O-])OCC[N+](C)(C)C. The van der Waals surface area contributed by atoms with Crippen LogP contribution in [0, 0.1) is 0 Å². The predicted octanol–water partition coefficient (Wildman–Crippen LogP) is 27.7. The number of carbonyl (C=O) groups is 2. The number of rotatable bonds is 77. The van der Waals surface area contributed by atoms with Crippen molar-refractivity contribution in [1.82, 2.24) is 0 Å². The molecule has 0 heterocycles. The molecular formula is C90H158NO8P. The molecule has 2 unspecified atom stereocenters. The Morgan fingerprint density at radius 2 is 0.570 bits per heavy atom. The van der Waals surface area contributed by atoms with E-state index in [0.29, 0.717) is 17.4 Å². The van der Waals surface area contributed by atoms with Crippen molar-refractivity contribution in [2.75, 3.05) is 47.5 Å². The van der Waals surface area contributed by atoms with Gasteiger partial charge < -0.3 is 27.9 Å². The Kier molecular flexibility index (Phi) is 76.2. The van der Waals surface area contributed by atoms with E-state index < -0.39 is 26.5 Å². The summed E-state index contributed by atoms with van der Waals surface area (Å²) in [5.41, 5.74) is 0. The number of ether oxygens (including phenoxy) is 2. The number of quaternary nitrogens is 1. The van der Waals surface area contributed by atoms with E-state index in [4.69, 9.17) is 18.5 Å². The monoisotopic (exact) mass is 1410 g/mol. The van der Waals surface area contributed by atoms with Crippen molar-refractivity contribution in [3.63, 3.8) is 0 Å². The van der Waals surface area contributed by atoms with Crippen LogP contribution in [-0.2, 0) is 32.7 Å². The molecular weight excluding hydrogens is 1250 g/mol. The van der Waals surface area contributed by atoms with Crippen LogP contribution in [0.15, 0.2) is 134 Å². The van der Waals surface area contributed by atoms with Crippen LogP contribution in [-0.4, -0.2) is 70.0 Å². The lowest BCUT2D eigenvalue weighted by Gasteiger charge is -2.28. The maximum Gasteiger partial charge on any atom is 0.306 e. The number of nitrogens with zero attached hydrogens (tertiary/aromatic N) is 1. The van der Waals surface area contributed by atoms with E-state index in [0.717, 1.165) is 122 Å². The molecule has 0 aromatic rings. The van der Waals surface area contributed by atoms with E-state index in [1.54, 1.807) is 0 Å². The molecule has 100 heavy (non-hydrogen) atoms. The average Bonchev–Trinajstić information content (AvgIpc) is 1.07. The fourth-order valence-electron chi connectivity index (χ4n) is 11.8. The summed E-state index contributed by atoms with van der Waals surface area (Å²) < 4.78 is 34.4. The van der Waals surface area contributed by atoms with Gasteiger partial charge in [-0.15, -0.1) is 0 Å². The first-order chi connectivity index (χ1) is 49.0. The molecule has 0 radical (unpaired) electrons. The summed E-state index contributed by atoms with van der Waals surface area (Å²) in [7, 11) is 1.15. The van der Waals surface area contributed by atoms with Crippen molar-refractivity contribution in [3.8, 4) is 0 Å². The third-order valence-electron chi connectivity index (χ3n) is 18.2. The quantitative estimate of drug-likeness (QED) is 0.0195. The zero-order valence-electron chi connectivity index (χ0n) is 65.9. The van der Waals surface area contributed by atoms with Crippen molar-refractivity contribution in [2.24, 2.45) is 0 Å². The Bertz CT molecular complexity index is 2160. The van der Waals surface area contributed by atoms with Gasteiger partial charge in [-0.25, -0.2) is 0 Å². The zero-order valence-corrected chi connectivity index (χ0v) is 66.8. The summed E-state index contributed by atoms with van der Waals surface area (Å²) in [6.07, 6.45) is 116. The van der Waals surface area contributed by atoms with Gasteiger partial charge in [0.05, 0.1) is 27.7 Å². The van der Waals surface area contributed by atoms with Crippen LogP contribution >= 0.6 is 7.82 Å². The molecule has 9 nitrogen and oxygen atoms in total. The lowest BCUT2D eigenvalue weighted by atomic mass is 10.0. The second-order valence-corrected chi connectivity index (χ2v) is 30.5. The highest BCUT2D eigenvalue weighted by molar-refractivity contribution is 7.45. The average molecular weight is 1410 g/mol. The molecule has 0 aliphatic carbocycles. The highest BCUT2D eigenvalue weighted by atomic mass is 31.2. The number of phosphoric acid groups is 1. The molecule has 0 amide bonds. The molecule has 0 fully saturated rings. The van der Waals surface area contributed by atoms with E-state index in [2.05, 4.69) is 148 Å². The van der Waals surface area contributed by atoms with Crippen LogP contribution in [0.25, 0.3) is 0 Å². The second-order valence-electron chi connectivity index (χ2n) is 29.1. The van der Waals surface area contributed by atoms with Gasteiger partial charge in [0.1, 0.15) is 19.8 Å². The van der Waals surface area contributed by atoms with Gasteiger partial charge in [0.2, 0.25) is 0 Å². The summed E-state index contributed by atoms with van der Waals surface area (Å²) in [5.74, 6) is -0.849. The molecule has 0 bridgehead atoms. The van der Waals surface area contributed by atoms with Crippen LogP contribution in [0.3, 0.4) is 0 Å². The maximum atomic E-state index is 12.9. The Morgan fingerprint density at radius 1 is 0.320 bits per heavy atom. The van der Waals surface area contributed by atoms with Crippen LogP contribution < -0.4 is 4.89 Å². The van der Waals surface area contributed by atoms with Crippen molar-refractivity contribution in [1.29, 1.82) is 0 Å². The molecule has 0 aliphatic heterocycles. The molecule has 2 atom stereocenters. The van der Waals surface area contributed by atoms with Gasteiger partial charge in [0.25, 0.3) is 7.82 Å². The lowest BCUT2D eigenvalue weighted by Crippen LogP contribution is -2.37. The van der Waals surface area contributed by atoms with Crippen molar-refractivity contribution in [3.05, 3.63) is 134 Å². The first kappa shape index (κ1) is 96.2. The zero-order chi connectivity index (χ0) is 72.5. The number of esters is 2. The van der Waals surface area contributed by atoms with Gasteiger partial charge in [0.15, 0.2) is 6.10 Å². The molecule has 576 valence electrons. The van der Waals surface area contributed by atoms with Crippen LogP contribution in [0.4, 0.5) is 0 Å². The summed E-state index contributed by atoms with van der Waals surface area (Å²) in [5, 5.41) is 0. The molecule has 0 spiro atoms. The lowest BCUT2D eigenvalue weighted by molar-refractivity contribution is -0.870. The highest BCUT2D eigenvalue weighted by Gasteiger charge is 2.22. The van der Waals surface area contributed by atoms with Gasteiger partial charge in [0, 0.05) is 12.8 Å². The third kappa shape index (κ3) is 83.1. The van der Waals surface area contributed by atoms with E-state index in [1.807, 2.05) is 21.1 Å². The van der Waals surface area contributed by atoms with Gasteiger partial charge >= 0.3 is 11.9 Å². The highest BCUT2D eigenvalue weighted by Crippen LogP contribution is 2.38. The minimum Gasteiger partial charge on any atom is -0.756 e. The fraction of sp³-hybridized carbons (Fsp3) is 0.733. The van der Waals surface area contributed by atoms with E-state index in [1.165, 1.54) is 218 Å². The minimum atomic E-state index is -4.66. The Labute approximate surface area is 619 Å². The molecule has 0 N–H and O–H groups in total. The summed E-state index contributed by atoms with van der Waals surface area (Å²) in [4.78, 5) is 38.2. The van der Waals surface area contributed by atoms with E-state index >= 15 is 0 Å². The molecule has 10 heteroatoms. The Hall–Kier alpha value is -3.85. The Balaban J connectivity index is 4.02. The first-order valence-corrected chi connectivity index (χ1v) is 43.4. The molecule has 0 rings (SSSR count). The van der Waals surface area contributed by atoms with E-state index in [-0.39, 0.29) is 32.0 Å². The predicted molar refractivity (Wildman–Crippen MR) is 434 cm³/mol. The molecule has 0 saturated carbocycles. The largest absolute Gasteiger partial charge is 0.756 e. The smallest absolute Gasteiger partial charge is 0.306 e. The third-order valence-corrected chi connectivity index (χ3v) is 19.1. The molecule has 0 saturated heterocycles. The van der Waals surface area contributed by atoms with E-state index in [9.17, 15) is 19.0 Å². The van der Waals surface area contributed by atoms with Gasteiger partial charge in [-0.05, 0) is 96.3 Å². The van der Waals surface area contributed by atoms with Gasteiger partial charge in [-0.2, -0.15) is 0 Å². The second kappa shape index (κ2) is 79.3. The molecule has 0 aromatic carbocycles. The number of unbranched alkanes of at least 4 members (excludes halogenated alkanes) is 41. The summed E-state index contributed by atoms with van der Waals surface area (Å²) in [6.45, 7) is 4.14. The van der Waals surface area contributed by atoms with Crippen LogP contribution in [0.5, 0.6) is 0 Å². The summed E-state index contributed by atoms with van der Waals surface area (Å²) in [6, 6.07) is 0.